The van der Waals surface area contributed by atoms with Crippen molar-refractivity contribution in [3.63, 3.8) is 0 Å². The lowest BCUT2D eigenvalue weighted by Crippen LogP contribution is -2.29. The van der Waals surface area contributed by atoms with Crippen molar-refractivity contribution in [2.75, 3.05) is 7.05 Å². The van der Waals surface area contributed by atoms with Crippen LogP contribution >= 0.6 is 22.9 Å². The molecule has 22 heavy (non-hydrogen) atoms. The van der Waals surface area contributed by atoms with E-state index in [1.165, 1.54) is 29.3 Å². The number of hydrogen-bond acceptors (Lipinski definition) is 4. The van der Waals surface area contributed by atoms with Crippen LogP contribution in [0.25, 0.3) is 20.7 Å². The molecule has 0 saturated heterocycles. The standard InChI is InChI=1S/C15H12ClN3O2S/c1-17-13(20)7-19-8-18-11-6-12(22-14(11)15(19)21)9-2-4-10(16)5-3-9/h2-6,8H,7H2,1H3,(H,17,20). The van der Waals surface area contributed by atoms with Gasteiger partial charge in [0.15, 0.2) is 0 Å². The quantitative estimate of drug-likeness (QED) is 0.801. The van der Waals surface area contributed by atoms with Gasteiger partial charge in [0.25, 0.3) is 5.56 Å². The van der Waals surface area contributed by atoms with Crippen molar-refractivity contribution in [3.05, 3.63) is 52.0 Å². The molecule has 1 aromatic carbocycles. The number of halogens is 1. The molecule has 0 bridgehead atoms. The maximum atomic E-state index is 12.4. The summed E-state index contributed by atoms with van der Waals surface area (Å²) in [5.41, 5.74) is 1.40. The summed E-state index contributed by atoms with van der Waals surface area (Å²) in [5.74, 6) is -0.238. The Balaban J connectivity index is 2.06. The summed E-state index contributed by atoms with van der Waals surface area (Å²) < 4.78 is 1.85. The lowest BCUT2D eigenvalue weighted by molar-refractivity contribution is -0.121. The summed E-state index contributed by atoms with van der Waals surface area (Å²) in [6, 6.07) is 9.28. The summed E-state index contributed by atoms with van der Waals surface area (Å²) >= 11 is 7.25. The molecular formula is C15H12ClN3O2S. The molecule has 2 aromatic heterocycles. The Bertz CT molecular complexity index is 899. The molecule has 7 heteroatoms. The van der Waals surface area contributed by atoms with Gasteiger partial charge in [0.05, 0.1) is 11.8 Å². The molecule has 3 rings (SSSR count). The number of fused-ring (bicyclic) bond motifs is 1. The van der Waals surface area contributed by atoms with Gasteiger partial charge in [0.2, 0.25) is 5.91 Å². The first kappa shape index (κ1) is 14.7. The smallest absolute Gasteiger partial charge is 0.271 e. The normalized spacial score (nSPS) is 10.8. The third-order valence-electron chi connectivity index (χ3n) is 3.23. The van der Waals surface area contributed by atoms with Gasteiger partial charge in [-0.25, -0.2) is 4.98 Å². The van der Waals surface area contributed by atoms with Crippen molar-refractivity contribution in [1.82, 2.24) is 14.9 Å². The first-order valence-corrected chi connectivity index (χ1v) is 7.73. The van der Waals surface area contributed by atoms with Gasteiger partial charge in [-0.3, -0.25) is 14.2 Å². The molecule has 0 aliphatic carbocycles. The van der Waals surface area contributed by atoms with E-state index in [0.29, 0.717) is 15.2 Å². The second-order valence-electron chi connectivity index (χ2n) is 4.68. The Labute approximate surface area is 135 Å². The van der Waals surface area contributed by atoms with Gasteiger partial charge in [-0.15, -0.1) is 11.3 Å². The monoisotopic (exact) mass is 333 g/mol. The zero-order valence-corrected chi connectivity index (χ0v) is 13.2. The van der Waals surface area contributed by atoms with Crippen LogP contribution in [0.15, 0.2) is 41.5 Å². The summed E-state index contributed by atoms with van der Waals surface area (Å²) in [6.07, 6.45) is 1.40. The minimum absolute atomic E-state index is 0.0353. The molecule has 1 N–H and O–H groups in total. The summed E-state index contributed by atoms with van der Waals surface area (Å²) in [5, 5.41) is 3.15. The molecule has 0 saturated carbocycles. The minimum Gasteiger partial charge on any atom is -0.358 e. The molecule has 0 spiro atoms. The van der Waals surface area contributed by atoms with E-state index in [-0.39, 0.29) is 18.0 Å². The van der Waals surface area contributed by atoms with Crippen LogP contribution in [0.1, 0.15) is 0 Å². The van der Waals surface area contributed by atoms with Gasteiger partial charge in [-0.05, 0) is 23.8 Å². The van der Waals surface area contributed by atoms with Crippen LogP contribution < -0.4 is 10.9 Å². The largest absolute Gasteiger partial charge is 0.358 e. The highest BCUT2D eigenvalue weighted by Gasteiger charge is 2.11. The maximum Gasteiger partial charge on any atom is 0.271 e. The number of hydrogen-bond donors (Lipinski definition) is 1. The summed E-state index contributed by atoms with van der Waals surface area (Å²) in [4.78, 5) is 29.0. The van der Waals surface area contributed by atoms with Crippen LogP contribution in [0.5, 0.6) is 0 Å². The highest BCUT2D eigenvalue weighted by atomic mass is 35.5. The SMILES string of the molecule is CNC(=O)Cn1cnc2cc(-c3ccc(Cl)cc3)sc2c1=O. The fourth-order valence-corrected chi connectivity index (χ4v) is 3.24. The first-order valence-electron chi connectivity index (χ1n) is 6.54. The van der Waals surface area contributed by atoms with Gasteiger partial charge in [-0.2, -0.15) is 0 Å². The van der Waals surface area contributed by atoms with Gasteiger partial charge in [-0.1, -0.05) is 23.7 Å². The van der Waals surface area contributed by atoms with Crippen LogP contribution in [-0.2, 0) is 11.3 Å². The number of thiophene rings is 1. The Morgan fingerprint density at radius 1 is 1.36 bits per heavy atom. The topological polar surface area (TPSA) is 64.0 Å². The molecule has 0 aliphatic rings. The fourth-order valence-electron chi connectivity index (χ4n) is 2.05. The van der Waals surface area contributed by atoms with Crippen molar-refractivity contribution in [3.8, 4) is 10.4 Å². The Kier molecular flexibility index (Phi) is 3.96. The molecular weight excluding hydrogens is 322 g/mol. The second kappa shape index (κ2) is 5.90. The summed E-state index contributed by atoms with van der Waals surface area (Å²) in [7, 11) is 1.53. The molecule has 0 radical (unpaired) electrons. The number of amides is 1. The number of benzene rings is 1. The van der Waals surface area contributed by atoms with E-state index in [0.717, 1.165) is 10.4 Å². The van der Waals surface area contributed by atoms with Crippen molar-refractivity contribution >= 4 is 39.1 Å². The number of nitrogens with zero attached hydrogens (tertiary/aromatic N) is 2. The van der Waals surface area contributed by atoms with Crippen LogP contribution in [0.3, 0.4) is 0 Å². The van der Waals surface area contributed by atoms with Gasteiger partial charge >= 0.3 is 0 Å². The van der Waals surface area contributed by atoms with E-state index in [4.69, 9.17) is 11.6 Å². The van der Waals surface area contributed by atoms with Crippen LogP contribution in [0.2, 0.25) is 5.02 Å². The molecule has 0 unspecified atom stereocenters. The molecule has 2 heterocycles. The van der Waals surface area contributed by atoms with Crippen LogP contribution in [0.4, 0.5) is 0 Å². The zero-order chi connectivity index (χ0) is 15.7. The van der Waals surface area contributed by atoms with Crippen molar-refractivity contribution in [2.24, 2.45) is 0 Å². The van der Waals surface area contributed by atoms with Gasteiger partial charge in [0.1, 0.15) is 11.2 Å². The maximum absolute atomic E-state index is 12.4. The average molecular weight is 334 g/mol. The molecule has 112 valence electrons. The molecule has 1 amide bonds. The second-order valence-corrected chi connectivity index (χ2v) is 6.17. The molecule has 5 nitrogen and oxygen atoms in total. The van der Waals surface area contributed by atoms with E-state index in [1.54, 1.807) is 12.1 Å². The Morgan fingerprint density at radius 2 is 2.09 bits per heavy atom. The average Bonchev–Trinajstić information content (AvgIpc) is 2.95. The van der Waals surface area contributed by atoms with E-state index < -0.39 is 0 Å². The third kappa shape index (κ3) is 2.75. The third-order valence-corrected chi connectivity index (χ3v) is 4.64. The van der Waals surface area contributed by atoms with Crippen molar-refractivity contribution < 1.29 is 4.79 Å². The number of carbonyl (C=O) groups is 1. The highest BCUT2D eigenvalue weighted by molar-refractivity contribution is 7.22. The fraction of sp³-hybridized carbons (Fsp3) is 0.133. The Hall–Kier alpha value is -2.18. The number of likely N-dealkylation sites (N-methyl/N-ethyl adjacent to an activating group) is 1. The van der Waals surface area contributed by atoms with Crippen molar-refractivity contribution in [1.29, 1.82) is 0 Å². The minimum atomic E-state index is -0.238. The molecule has 0 fully saturated rings. The highest BCUT2D eigenvalue weighted by Crippen LogP contribution is 2.31. The van der Waals surface area contributed by atoms with Gasteiger partial charge < -0.3 is 5.32 Å². The van der Waals surface area contributed by atoms with Crippen LogP contribution in [0, 0.1) is 0 Å². The van der Waals surface area contributed by atoms with Crippen molar-refractivity contribution in [2.45, 2.75) is 6.54 Å². The lowest BCUT2D eigenvalue weighted by atomic mass is 10.2. The number of carbonyl (C=O) groups excluding carboxylic acids is 1. The van der Waals surface area contributed by atoms with E-state index in [1.807, 2.05) is 18.2 Å². The van der Waals surface area contributed by atoms with E-state index >= 15 is 0 Å². The zero-order valence-electron chi connectivity index (χ0n) is 11.7. The summed E-state index contributed by atoms with van der Waals surface area (Å²) in [6.45, 7) is -0.0353. The number of nitrogens with one attached hydrogen (secondary N) is 1. The van der Waals surface area contributed by atoms with E-state index in [2.05, 4.69) is 10.3 Å². The predicted octanol–water partition coefficient (Wildman–Crippen LogP) is 2.52. The van der Waals surface area contributed by atoms with Gasteiger partial charge in [0, 0.05) is 16.9 Å². The molecule has 3 aromatic rings. The number of aromatic nitrogens is 2. The Morgan fingerprint density at radius 3 is 2.77 bits per heavy atom. The predicted molar refractivity (Wildman–Crippen MR) is 88.4 cm³/mol. The molecule has 0 atom stereocenters. The van der Waals surface area contributed by atoms with Crippen LogP contribution in [-0.4, -0.2) is 22.5 Å². The molecule has 0 aliphatic heterocycles. The number of rotatable bonds is 3. The first-order chi connectivity index (χ1) is 10.6. The lowest BCUT2D eigenvalue weighted by Gasteiger charge is -2.02. The van der Waals surface area contributed by atoms with E-state index in [9.17, 15) is 9.59 Å².